The second-order valence-electron chi connectivity index (χ2n) is 7.56. The molecule has 0 bridgehead atoms. The Morgan fingerprint density at radius 2 is 1.73 bits per heavy atom. The lowest BCUT2D eigenvalue weighted by atomic mass is 9.98. The third-order valence-corrected chi connectivity index (χ3v) is 5.69. The van der Waals surface area contributed by atoms with Gasteiger partial charge in [0, 0.05) is 11.6 Å². The fourth-order valence-electron chi connectivity index (χ4n) is 4.37. The average Bonchev–Trinajstić information content (AvgIpc) is 3.28. The molecule has 2 amide bonds. The highest BCUT2D eigenvalue weighted by atomic mass is 19.1. The number of halogens is 2. The lowest BCUT2D eigenvalue weighted by molar-refractivity contribution is -0.139. The minimum absolute atomic E-state index is 0.00851. The molecule has 1 unspecified atom stereocenters. The van der Waals surface area contributed by atoms with Gasteiger partial charge in [-0.3, -0.25) is 19.5 Å². The van der Waals surface area contributed by atoms with Gasteiger partial charge in [0.15, 0.2) is 0 Å². The smallest absolute Gasteiger partial charge is 0.275 e. The first-order chi connectivity index (χ1) is 14.3. The summed E-state index contributed by atoms with van der Waals surface area (Å²) in [6.45, 7) is 0. The molecular formula is C22H21F2N3O3. The number of nitrogens with zero attached hydrogens (tertiary/aromatic N) is 2. The molecule has 1 aliphatic carbocycles. The molecule has 1 spiro atoms. The molecule has 1 aliphatic heterocycles. The zero-order chi connectivity index (χ0) is 21.5. The Balaban J connectivity index is 1.81. The minimum atomic E-state index is -1.33. The van der Waals surface area contributed by atoms with Crippen LogP contribution < -0.4 is 10.5 Å². The van der Waals surface area contributed by atoms with Gasteiger partial charge in [0.1, 0.15) is 34.8 Å². The number of primary amides is 1. The molecule has 2 N–H and O–H groups in total. The number of carbonyl (C=O) groups excluding carboxylic acids is 2. The lowest BCUT2D eigenvalue weighted by Crippen LogP contribution is -2.51. The number of carbonyl (C=O) groups is 2. The monoisotopic (exact) mass is 413 g/mol. The Morgan fingerprint density at radius 3 is 2.27 bits per heavy atom. The zero-order valence-electron chi connectivity index (χ0n) is 16.4. The summed E-state index contributed by atoms with van der Waals surface area (Å²) in [5, 5.41) is 0. The van der Waals surface area contributed by atoms with Crippen LogP contribution in [0, 0.1) is 11.6 Å². The average molecular weight is 413 g/mol. The highest BCUT2D eigenvalue weighted by Crippen LogP contribution is 2.45. The highest BCUT2D eigenvalue weighted by molar-refractivity contribution is 6.47. The molecule has 0 radical (unpaired) electrons. The first kappa shape index (κ1) is 20.0. The van der Waals surface area contributed by atoms with Gasteiger partial charge >= 0.3 is 0 Å². The van der Waals surface area contributed by atoms with Crippen LogP contribution in [0.15, 0.2) is 47.5 Å². The standard InChI is InChI=1S/C22H21F2N3O3/c1-30-17-6-4-13(5-7-17)18-21(29)27(22(26-18)8-2-3-9-22)19(20(25)28)14-10-15(23)12-16(24)11-14/h4-7,10-12,19H,2-3,8-9H2,1H3,(H2,25,28). The van der Waals surface area contributed by atoms with E-state index in [4.69, 9.17) is 15.5 Å². The first-order valence-electron chi connectivity index (χ1n) is 9.68. The van der Waals surface area contributed by atoms with E-state index in [0.717, 1.165) is 25.0 Å². The maximum Gasteiger partial charge on any atom is 0.275 e. The van der Waals surface area contributed by atoms with E-state index in [-0.39, 0.29) is 11.3 Å². The van der Waals surface area contributed by atoms with E-state index in [9.17, 15) is 18.4 Å². The molecule has 1 heterocycles. The van der Waals surface area contributed by atoms with Gasteiger partial charge in [-0.1, -0.05) is 0 Å². The maximum absolute atomic E-state index is 13.9. The van der Waals surface area contributed by atoms with E-state index in [2.05, 4.69) is 0 Å². The molecule has 156 valence electrons. The van der Waals surface area contributed by atoms with Crippen LogP contribution >= 0.6 is 0 Å². The number of ether oxygens (including phenoxy) is 1. The van der Waals surface area contributed by atoms with Gasteiger partial charge in [-0.05, 0) is 67.6 Å². The molecule has 2 aromatic carbocycles. The topological polar surface area (TPSA) is 85.0 Å². The third-order valence-electron chi connectivity index (χ3n) is 5.69. The van der Waals surface area contributed by atoms with Crippen LogP contribution in [0.4, 0.5) is 8.78 Å². The normalized spacial score (nSPS) is 18.6. The fourth-order valence-corrected chi connectivity index (χ4v) is 4.37. The van der Waals surface area contributed by atoms with Gasteiger partial charge in [-0.2, -0.15) is 0 Å². The second kappa shape index (κ2) is 7.51. The van der Waals surface area contributed by atoms with Gasteiger partial charge < -0.3 is 10.5 Å². The van der Waals surface area contributed by atoms with Crippen LogP contribution in [0.5, 0.6) is 5.75 Å². The summed E-state index contributed by atoms with van der Waals surface area (Å²) in [4.78, 5) is 32.0. The third kappa shape index (κ3) is 3.32. The number of amides is 2. The van der Waals surface area contributed by atoms with Crippen molar-refractivity contribution in [3.05, 3.63) is 65.2 Å². The summed E-state index contributed by atoms with van der Waals surface area (Å²) in [6.07, 6.45) is 2.71. The second-order valence-corrected chi connectivity index (χ2v) is 7.56. The van der Waals surface area contributed by atoms with Crippen molar-refractivity contribution in [2.45, 2.75) is 37.4 Å². The Morgan fingerprint density at radius 1 is 1.13 bits per heavy atom. The highest BCUT2D eigenvalue weighted by Gasteiger charge is 2.53. The van der Waals surface area contributed by atoms with Crippen molar-refractivity contribution < 1.29 is 23.1 Å². The lowest BCUT2D eigenvalue weighted by Gasteiger charge is -2.37. The molecule has 2 aliphatic rings. The van der Waals surface area contributed by atoms with Crippen LogP contribution in [0.25, 0.3) is 0 Å². The van der Waals surface area contributed by atoms with E-state index < -0.39 is 35.2 Å². The first-order valence-corrected chi connectivity index (χ1v) is 9.68. The summed E-state index contributed by atoms with van der Waals surface area (Å²) >= 11 is 0. The van der Waals surface area contributed by atoms with Crippen molar-refractivity contribution >= 4 is 17.5 Å². The number of hydrogen-bond acceptors (Lipinski definition) is 4. The van der Waals surface area contributed by atoms with Crippen molar-refractivity contribution in [2.75, 3.05) is 7.11 Å². The SMILES string of the molecule is COc1ccc(C2=NC3(CCCC3)N(C(C(N)=O)c3cc(F)cc(F)c3)C2=O)cc1. The number of aliphatic imine (C=N–C) groups is 1. The molecule has 30 heavy (non-hydrogen) atoms. The van der Waals surface area contributed by atoms with E-state index in [1.807, 2.05) is 0 Å². The van der Waals surface area contributed by atoms with Crippen LogP contribution in [0.2, 0.25) is 0 Å². The molecule has 0 aromatic heterocycles. The van der Waals surface area contributed by atoms with E-state index in [0.29, 0.717) is 30.2 Å². The largest absolute Gasteiger partial charge is 0.497 e. The zero-order valence-corrected chi connectivity index (χ0v) is 16.4. The number of rotatable bonds is 5. The number of nitrogens with two attached hydrogens (primary N) is 1. The van der Waals surface area contributed by atoms with Crippen LogP contribution in [0.1, 0.15) is 42.9 Å². The summed E-state index contributed by atoms with van der Waals surface area (Å²) in [5.74, 6) is -2.43. The molecule has 2 aromatic rings. The number of benzene rings is 2. The van der Waals surface area contributed by atoms with Gasteiger partial charge in [0.2, 0.25) is 5.91 Å². The maximum atomic E-state index is 13.9. The molecule has 0 saturated heterocycles. The predicted molar refractivity (Wildman–Crippen MR) is 106 cm³/mol. The Hall–Kier alpha value is -3.29. The molecule has 6 nitrogen and oxygen atoms in total. The Bertz CT molecular complexity index is 1010. The minimum Gasteiger partial charge on any atom is -0.497 e. The van der Waals surface area contributed by atoms with E-state index >= 15 is 0 Å². The summed E-state index contributed by atoms with van der Waals surface area (Å²) in [5.41, 5.74) is 5.44. The van der Waals surface area contributed by atoms with Crippen molar-refractivity contribution in [3.8, 4) is 5.75 Å². The van der Waals surface area contributed by atoms with Gasteiger partial charge in [0.25, 0.3) is 5.91 Å². The molecule has 1 saturated carbocycles. The summed E-state index contributed by atoms with van der Waals surface area (Å²) in [7, 11) is 1.54. The van der Waals surface area contributed by atoms with Crippen molar-refractivity contribution in [3.63, 3.8) is 0 Å². The van der Waals surface area contributed by atoms with Crippen LogP contribution in [0.3, 0.4) is 0 Å². The Labute approximate surface area is 172 Å². The number of methoxy groups -OCH3 is 1. The van der Waals surface area contributed by atoms with Crippen LogP contribution in [-0.2, 0) is 9.59 Å². The molecular weight excluding hydrogens is 392 g/mol. The van der Waals surface area contributed by atoms with Gasteiger partial charge in [-0.25, -0.2) is 8.78 Å². The van der Waals surface area contributed by atoms with Gasteiger partial charge in [0.05, 0.1) is 7.11 Å². The summed E-state index contributed by atoms with van der Waals surface area (Å²) < 4.78 is 32.9. The molecule has 1 atom stereocenters. The van der Waals surface area contributed by atoms with Crippen LogP contribution in [-0.4, -0.2) is 35.2 Å². The summed E-state index contributed by atoms with van der Waals surface area (Å²) in [6, 6.07) is 8.27. The quantitative estimate of drug-likeness (QED) is 0.817. The molecule has 1 fully saturated rings. The molecule has 4 rings (SSSR count). The fraction of sp³-hybridized carbons (Fsp3) is 0.318. The van der Waals surface area contributed by atoms with E-state index in [1.54, 1.807) is 24.3 Å². The van der Waals surface area contributed by atoms with Crippen molar-refractivity contribution in [2.24, 2.45) is 10.7 Å². The predicted octanol–water partition coefficient (Wildman–Crippen LogP) is 3.10. The number of hydrogen-bond donors (Lipinski definition) is 1. The Kier molecular flexibility index (Phi) is 5.01. The van der Waals surface area contributed by atoms with E-state index in [1.165, 1.54) is 12.0 Å². The molecule has 8 heteroatoms. The van der Waals surface area contributed by atoms with Crippen molar-refractivity contribution in [1.29, 1.82) is 0 Å². The van der Waals surface area contributed by atoms with Gasteiger partial charge in [-0.15, -0.1) is 0 Å². The van der Waals surface area contributed by atoms with Crippen molar-refractivity contribution in [1.82, 2.24) is 4.90 Å².